The van der Waals surface area contributed by atoms with E-state index >= 15 is 0 Å². The van der Waals surface area contributed by atoms with E-state index in [0.29, 0.717) is 6.20 Å². The van der Waals surface area contributed by atoms with E-state index in [4.69, 9.17) is 4.74 Å². The minimum atomic E-state index is -4.71. The van der Waals surface area contributed by atoms with Crippen molar-refractivity contribution in [1.82, 2.24) is 9.97 Å². The fourth-order valence-corrected chi connectivity index (χ4v) is 3.04. The first-order valence-electron chi connectivity index (χ1n) is 6.88. The fraction of sp³-hybridized carbons (Fsp3) is 0.357. The number of aromatic nitrogens is 2. The summed E-state index contributed by atoms with van der Waals surface area (Å²) in [5.74, 6) is -1.25. The standard InChI is InChI=1S/C14H13F3N2O4S/c1-3-23-13(20)8-5-10-9(6-11(8)24(21,22)4-2)18-7-12(19-10)14(15,16)17/h5-7H,3-4H2,1-2H3. The number of halogens is 3. The summed E-state index contributed by atoms with van der Waals surface area (Å²) in [5, 5.41) is 0. The highest BCUT2D eigenvalue weighted by atomic mass is 32.2. The number of carbonyl (C=O) groups excluding carboxylic acids is 1. The van der Waals surface area contributed by atoms with Gasteiger partial charge in [-0.25, -0.2) is 18.2 Å². The lowest BCUT2D eigenvalue weighted by Crippen LogP contribution is -2.15. The van der Waals surface area contributed by atoms with Crippen LogP contribution < -0.4 is 0 Å². The number of rotatable bonds is 4. The van der Waals surface area contributed by atoms with Gasteiger partial charge in [0.25, 0.3) is 0 Å². The first kappa shape index (κ1) is 18.1. The van der Waals surface area contributed by atoms with Crippen molar-refractivity contribution in [2.45, 2.75) is 24.9 Å². The summed E-state index contributed by atoms with van der Waals surface area (Å²) < 4.78 is 67.3. The molecule has 1 aromatic heterocycles. The maximum Gasteiger partial charge on any atom is 0.434 e. The average Bonchev–Trinajstić information content (AvgIpc) is 2.52. The second kappa shape index (κ2) is 6.34. The number of nitrogens with zero attached hydrogens (tertiary/aromatic N) is 2. The van der Waals surface area contributed by atoms with Crippen LogP contribution in [-0.2, 0) is 20.8 Å². The van der Waals surface area contributed by atoms with E-state index in [1.807, 2.05) is 0 Å². The van der Waals surface area contributed by atoms with Crippen LogP contribution in [-0.4, -0.2) is 36.7 Å². The fourth-order valence-electron chi connectivity index (χ4n) is 1.96. The van der Waals surface area contributed by atoms with Gasteiger partial charge in [0.05, 0.1) is 40.0 Å². The molecule has 0 aliphatic rings. The third kappa shape index (κ3) is 3.48. The van der Waals surface area contributed by atoms with Crippen LogP contribution in [0.25, 0.3) is 11.0 Å². The summed E-state index contributed by atoms with van der Waals surface area (Å²) in [4.78, 5) is 18.7. The van der Waals surface area contributed by atoms with Crippen LogP contribution in [0.3, 0.4) is 0 Å². The van der Waals surface area contributed by atoms with E-state index in [0.717, 1.165) is 12.1 Å². The van der Waals surface area contributed by atoms with E-state index in [2.05, 4.69) is 9.97 Å². The minimum absolute atomic E-state index is 0.0171. The third-order valence-electron chi connectivity index (χ3n) is 3.14. The van der Waals surface area contributed by atoms with Gasteiger partial charge in [-0.15, -0.1) is 0 Å². The normalized spacial score (nSPS) is 12.4. The van der Waals surface area contributed by atoms with Crippen LogP contribution in [0.4, 0.5) is 13.2 Å². The molecule has 2 aromatic rings. The van der Waals surface area contributed by atoms with Gasteiger partial charge in [0, 0.05) is 0 Å². The Hall–Kier alpha value is -2.23. The van der Waals surface area contributed by atoms with Crippen LogP contribution in [0.15, 0.2) is 23.2 Å². The molecule has 0 N–H and O–H groups in total. The molecule has 0 aliphatic heterocycles. The van der Waals surface area contributed by atoms with Gasteiger partial charge in [-0.1, -0.05) is 6.92 Å². The molecule has 6 nitrogen and oxygen atoms in total. The van der Waals surface area contributed by atoms with E-state index in [1.54, 1.807) is 0 Å². The first-order chi connectivity index (χ1) is 11.1. The van der Waals surface area contributed by atoms with Gasteiger partial charge >= 0.3 is 12.1 Å². The molecular weight excluding hydrogens is 349 g/mol. The summed E-state index contributed by atoms with van der Waals surface area (Å²) in [6.45, 7) is 2.89. The molecule has 0 spiro atoms. The SMILES string of the molecule is CCOC(=O)c1cc2nc(C(F)(F)F)cnc2cc1S(=O)(=O)CC. The highest BCUT2D eigenvalue weighted by molar-refractivity contribution is 7.91. The molecule has 0 bridgehead atoms. The number of sulfone groups is 1. The van der Waals surface area contributed by atoms with Gasteiger partial charge in [0.15, 0.2) is 15.5 Å². The predicted molar refractivity (Wildman–Crippen MR) is 78.2 cm³/mol. The summed E-state index contributed by atoms with van der Waals surface area (Å²) in [5.41, 5.74) is -1.92. The zero-order valence-electron chi connectivity index (χ0n) is 12.7. The molecule has 0 fully saturated rings. The Morgan fingerprint density at radius 2 is 1.88 bits per heavy atom. The Morgan fingerprint density at radius 1 is 1.21 bits per heavy atom. The van der Waals surface area contributed by atoms with Gasteiger partial charge in [-0.05, 0) is 19.1 Å². The van der Waals surface area contributed by atoms with E-state index < -0.39 is 27.7 Å². The van der Waals surface area contributed by atoms with Crippen molar-refractivity contribution >= 4 is 26.8 Å². The topological polar surface area (TPSA) is 86.2 Å². The average molecular weight is 362 g/mol. The predicted octanol–water partition coefficient (Wildman–Crippen LogP) is 2.62. The maximum atomic E-state index is 12.7. The van der Waals surface area contributed by atoms with E-state index in [1.165, 1.54) is 13.8 Å². The highest BCUT2D eigenvalue weighted by Gasteiger charge is 2.33. The lowest BCUT2D eigenvalue weighted by atomic mass is 10.2. The van der Waals surface area contributed by atoms with E-state index in [-0.39, 0.29) is 33.9 Å². The summed E-state index contributed by atoms with van der Waals surface area (Å²) >= 11 is 0. The quantitative estimate of drug-likeness (QED) is 0.777. The first-order valence-corrected chi connectivity index (χ1v) is 8.53. The second-order valence-corrected chi connectivity index (χ2v) is 6.96. The van der Waals surface area contributed by atoms with Crippen LogP contribution in [0.5, 0.6) is 0 Å². The number of esters is 1. The minimum Gasteiger partial charge on any atom is -0.462 e. The van der Waals surface area contributed by atoms with Crippen LogP contribution in [0, 0.1) is 0 Å². The molecule has 1 aromatic carbocycles. The molecule has 0 radical (unpaired) electrons. The Balaban J connectivity index is 2.77. The Morgan fingerprint density at radius 3 is 2.42 bits per heavy atom. The largest absolute Gasteiger partial charge is 0.462 e. The number of hydrogen-bond donors (Lipinski definition) is 0. The Kier molecular flexibility index (Phi) is 4.79. The van der Waals surface area contributed by atoms with Crippen molar-refractivity contribution in [1.29, 1.82) is 0 Å². The van der Waals surface area contributed by atoms with Crippen molar-refractivity contribution in [2.75, 3.05) is 12.4 Å². The van der Waals surface area contributed by atoms with Gasteiger partial charge < -0.3 is 4.74 Å². The van der Waals surface area contributed by atoms with Gasteiger partial charge in [0.1, 0.15) is 0 Å². The second-order valence-electron chi connectivity index (χ2n) is 4.71. The van der Waals surface area contributed by atoms with Gasteiger partial charge in [-0.3, -0.25) is 4.98 Å². The number of ether oxygens (including phenoxy) is 1. The van der Waals surface area contributed by atoms with Crippen molar-refractivity contribution in [3.8, 4) is 0 Å². The van der Waals surface area contributed by atoms with Crippen LogP contribution in [0.1, 0.15) is 29.9 Å². The molecule has 0 atom stereocenters. The molecule has 130 valence electrons. The molecule has 24 heavy (non-hydrogen) atoms. The Bertz CT molecular complexity index is 895. The van der Waals surface area contributed by atoms with E-state index in [9.17, 15) is 26.4 Å². The molecular formula is C14H13F3N2O4S. The number of fused-ring (bicyclic) bond motifs is 1. The molecule has 0 saturated heterocycles. The zero-order chi connectivity index (χ0) is 18.1. The van der Waals surface area contributed by atoms with Crippen LogP contribution in [0.2, 0.25) is 0 Å². The van der Waals surface area contributed by atoms with Gasteiger partial charge in [-0.2, -0.15) is 13.2 Å². The monoisotopic (exact) mass is 362 g/mol. The third-order valence-corrected chi connectivity index (χ3v) is 4.91. The number of carbonyl (C=O) groups is 1. The molecule has 0 amide bonds. The smallest absolute Gasteiger partial charge is 0.434 e. The van der Waals surface area contributed by atoms with Crippen LogP contribution >= 0.6 is 0 Å². The van der Waals surface area contributed by atoms with Crippen molar-refractivity contribution in [3.63, 3.8) is 0 Å². The molecule has 10 heteroatoms. The lowest BCUT2D eigenvalue weighted by molar-refractivity contribution is -0.141. The zero-order valence-corrected chi connectivity index (χ0v) is 13.5. The van der Waals surface area contributed by atoms with Crippen molar-refractivity contribution in [3.05, 3.63) is 29.6 Å². The van der Waals surface area contributed by atoms with Crippen molar-refractivity contribution in [2.24, 2.45) is 0 Å². The number of alkyl halides is 3. The molecule has 0 aliphatic carbocycles. The lowest BCUT2D eigenvalue weighted by Gasteiger charge is -2.11. The molecule has 1 heterocycles. The van der Waals surface area contributed by atoms with Gasteiger partial charge in [0.2, 0.25) is 0 Å². The highest BCUT2D eigenvalue weighted by Crippen LogP contribution is 2.29. The molecule has 0 unspecified atom stereocenters. The summed E-state index contributed by atoms with van der Waals surface area (Å²) in [6.07, 6.45) is -4.20. The molecule has 0 saturated carbocycles. The Labute approximate surface area is 135 Å². The number of hydrogen-bond acceptors (Lipinski definition) is 6. The summed E-state index contributed by atoms with van der Waals surface area (Å²) in [6, 6.07) is 1.99. The molecule has 2 rings (SSSR count). The summed E-state index contributed by atoms with van der Waals surface area (Å²) in [7, 11) is -3.81. The van der Waals surface area contributed by atoms with Crippen molar-refractivity contribution < 1.29 is 31.1 Å². The maximum absolute atomic E-state index is 12.7. The number of benzene rings is 1.